The van der Waals surface area contributed by atoms with Crippen LogP contribution in [0.5, 0.6) is 0 Å². The number of rotatable bonds is 4. The van der Waals surface area contributed by atoms with Crippen LogP contribution in [0.1, 0.15) is 0 Å². The predicted octanol–water partition coefficient (Wildman–Crippen LogP) is 13.6. The number of hydrogen-bond acceptors (Lipinski definition) is 2. The lowest BCUT2D eigenvalue weighted by atomic mass is 9.96. The minimum atomic E-state index is 0.874. The summed E-state index contributed by atoms with van der Waals surface area (Å²) in [7, 11) is 0. The van der Waals surface area contributed by atoms with Gasteiger partial charge in [-0.2, -0.15) is 0 Å². The Hall–Kier alpha value is -6.84. The summed E-state index contributed by atoms with van der Waals surface area (Å²) in [5.41, 5.74) is 8.50. The first-order valence-corrected chi connectivity index (χ1v) is 17.4. The molecule has 11 aromatic rings. The highest BCUT2D eigenvalue weighted by Gasteiger charge is 2.19. The van der Waals surface area contributed by atoms with Crippen LogP contribution in [0.15, 0.2) is 186 Å². The Morgan fingerprint density at radius 2 is 0.902 bits per heavy atom. The van der Waals surface area contributed by atoms with Crippen molar-refractivity contribution in [2.24, 2.45) is 0 Å². The monoisotopic (exact) mass is 650 g/mol. The van der Waals surface area contributed by atoms with E-state index in [0.717, 1.165) is 44.7 Å². The fraction of sp³-hybridized carbons (Fsp3) is 0. The molecule has 0 aliphatic carbocycles. The van der Waals surface area contributed by atoms with Crippen LogP contribution >= 0.6 is 0 Å². The third-order valence-corrected chi connectivity index (χ3v) is 10.5. The quantitative estimate of drug-likeness (QED) is 0.177. The van der Waals surface area contributed by atoms with Gasteiger partial charge in [-0.05, 0) is 99.0 Å². The van der Waals surface area contributed by atoms with Crippen molar-refractivity contribution in [3.8, 4) is 5.69 Å². The Kier molecular flexibility index (Phi) is 5.96. The summed E-state index contributed by atoms with van der Waals surface area (Å²) < 4.78 is 8.78. The predicted molar refractivity (Wildman–Crippen MR) is 215 cm³/mol. The maximum Gasteiger partial charge on any atom is 0.137 e. The number of nitrogens with zero attached hydrogens (tertiary/aromatic N) is 2. The lowest BCUT2D eigenvalue weighted by Gasteiger charge is -2.26. The largest absolute Gasteiger partial charge is 0.456 e. The number of aromatic nitrogens is 1. The van der Waals surface area contributed by atoms with Gasteiger partial charge in [0.05, 0.1) is 11.0 Å². The Balaban J connectivity index is 1.15. The summed E-state index contributed by atoms with van der Waals surface area (Å²) in [6.07, 6.45) is 0. The molecule has 2 heterocycles. The summed E-state index contributed by atoms with van der Waals surface area (Å²) in [6, 6.07) is 65.6. The van der Waals surface area contributed by atoms with Crippen molar-refractivity contribution in [2.45, 2.75) is 0 Å². The van der Waals surface area contributed by atoms with Gasteiger partial charge in [0, 0.05) is 50.4 Å². The molecular weight excluding hydrogens is 621 g/mol. The van der Waals surface area contributed by atoms with Gasteiger partial charge in [-0.3, -0.25) is 0 Å². The number of benzene rings is 9. The maximum absolute atomic E-state index is 6.42. The summed E-state index contributed by atoms with van der Waals surface area (Å²) >= 11 is 0. The Bertz CT molecular complexity index is 3150. The molecule has 0 atom stereocenters. The molecule has 0 bridgehead atoms. The Labute approximate surface area is 293 Å². The van der Waals surface area contributed by atoms with E-state index in [2.05, 4.69) is 179 Å². The van der Waals surface area contributed by atoms with Gasteiger partial charge in [0.25, 0.3) is 0 Å². The average Bonchev–Trinajstić information content (AvgIpc) is 3.73. The highest BCUT2D eigenvalue weighted by atomic mass is 16.3. The van der Waals surface area contributed by atoms with Crippen LogP contribution in [0, 0.1) is 0 Å². The van der Waals surface area contributed by atoms with Crippen LogP contribution in [-0.4, -0.2) is 4.57 Å². The van der Waals surface area contributed by atoms with Crippen molar-refractivity contribution >= 4 is 93.1 Å². The van der Waals surface area contributed by atoms with E-state index in [-0.39, 0.29) is 0 Å². The first kappa shape index (κ1) is 28.0. The molecule has 3 heteroatoms. The molecule has 3 nitrogen and oxygen atoms in total. The number of furan rings is 1. The zero-order chi connectivity index (χ0) is 33.5. The molecule has 0 spiro atoms. The zero-order valence-corrected chi connectivity index (χ0v) is 27.6. The summed E-state index contributed by atoms with van der Waals surface area (Å²) in [4.78, 5) is 2.37. The van der Waals surface area contributed by atoms with E-state index in [1.807, 2.05) is 12.1 Å². The molecule has 11 rings (SSSR count). The minimum absolute atomic E-state index is 0.874. The van der Waals surface area contributed by atoms with Crippen LogP contribution in [0.2, 0.25) is 0 Å². The highest BCUT2D eigenvalue weighted by Crippen LogP contribution is 2.43. The zero-order valence-electron chi connectivity index (χ0n) is 27.6. The standard InChI is InChI=1S/C48H30N2O/c1-2-11-33(12-3-1)50-45-16-8-6-14-41(45)44-29-35(22-27-46(44)50)49(36-21-26-43-42-15-7-9-17-47(42)51-48(43)30-36)34-20-25-38-32(28-34)19-24-39-37-13-5-4-10-31(37)18-23-40(38)39/h1-30H. The summed E-state index contributed by atoms with van der Waals surface area (Å²) in [5, 5.41) is 12.2. The van der Waals surface area contributed by atoms with Crippen molar-refractivity contribution in [3.63, 3.8) is 0 Å². The van der Waals surface area contributed by atoms with Gasteiger partial charge in [0.2, 0.25) is 0 Å². The van der Waals surface area contributed by atoms with E-state index in [4.69, 9.17) is 4.42 Å². The second-order valence-corrected chi connectivity index (χ2v) is 13.4. The van der Waals surface area contributed by atoms with Crippen LogP contribution in [-0.2, 0) is 0 Å². The molecule has 0 radical (unpaired) electrons. The smallest absolute Gasteiger partial charge is 0.137 e. The molecule has 0 aliphatic heterocycles. The topological polar surface area (TPSA) is 21.3 Å². The molecule has 2 aromatic heterocycles. The molecule has 51 heavy (non-hydrogen) atoms. The average molecular weight is 651 g/mol. The van der Waals surface area contributed by atoms with Crippen LogP contribution in [0.25, 0.3) is 81.7 Å². The molecule has 0 N–H and O–H groups in total. The van der Waals surface area contributed by atoms with Crippen molar-refractivity contribution in [3.05, 3.63) is 182 Å². The van der Waals surface area contributed by atoms with Crippen molar-refractivity contribution in [1.82, 2.24) is 4.57 Å². The SMILES string of the molecule is c1ccc(-n2c3ccccc3c3cc(N(c4ccc5c(ccc6c7ccccc7ccc56)c4)c4ccc5c(c4)oc4ccccc45)ccc32)cc1. The molecule has 0 amide bonds. The molecule has 0 saturated carbocycles. The summed E-state index contributed by atoms with van der Waals surface area (Å²) in [5.74, 6) is 0. The highest BCUT2D eigenvalue weighted by molar-refractivity contribution is 6.18. The van der Waals surface area contributed by atoms with Crippen LogP contribution in [0.4, 0.5) is 17.1 Å². The number of hydrogen-bond donors (Lipinski definition) is 0. The van der Waals surface area contributed by atoms with Gasteiger partial charge >= 0.3 is 0 Å². The van der Waals surface area contributed by atoms with Gasteiger partial charge in [-0.1, -0.05) is 109 Å². The fourth-order valence-electron chi connectivity index (χ4n) is 8.21. The Morgan fingerprint density at radius 1 is 0.333 bits per heavy atom. The first-order valence-electron chi connectivity index (χ1n) is 17.4. The normalized spacial score (nSPS) is 11.9. The lowest BCUT2D eigenvalue weighted by molar-refractivity contribution is 0.669. The Morgan fingerprint density at radius 3 is 1.76 bits per heavy atom. The van der Waals surface area contributed by atoms with Gasteiger partial charge < -0.3 is 13.9 Å². The molecule has 0 unspecified atom stereocenters. The van der Waals surface area contributed by atoms with Gasteiger partial charge in [0.15, 0.2) is 0 Å². The van der Waals surface area contributed by atoms with Gasteiger partial charge in [0.1, 0.15) is 11.2 Å². The molecule has 0 saturated heterocycles. The van der Waals surface area contributed by atoms with E-state index in [9.17, 15) is 0 Å². The first-order chi connectivity index (χ1) is 25.3. The van der Waals surface area contributed by atoms with E-state index in [1.165, 1.54) is 54.1 Å². The van der Waals surface area contributed by atoms with Gasteiger partial charge in [-0.15, -0.1) is 0 Å². The third-order valence-electron chi connectivity index (χ3n) is 10.5. The van der Waals surface area contributed by atoms with E-state index in [0.29, 0.717) is 0 Å². The molecule has 9 aromatic carbocycles. The second-order valence-electron chi connectivity index (χ2n) is 13.4. The molecular formula is C48H30N2O. The van der Waals surface area contributed by atoms with Crippen molar-refractivity contribution in [2.75, 3.05) is 4.90 Å². The molecule has 0 fully saturated rings. The fourth-order valence-corrected chi connectivity index (χ4v) is 8.21. The van der Waals surface area contributed by atoms with E-state index < -0.39 is 0 Å². The number of anilines is 3. The van der Waals surface area contributed by atoms with Crippen molar-refractivity contribution in [1.29, 1.82) is 0 Å². The van der Waals surface area contributed by atoms with Crippen LogP contribution in [0.3, 0.4) is 0 Å². The number of para-hydroxylation sites is 3. The number of fused-ring (bicyclic) bond motifs is 11. The van der Waals surface area contributed by atoms with E-state index in [1.54, 1.807) is 0 Å². The molecule has 238 valence electrons. The second kappa shape index (κ2) is 10.8. The molecule has 0 aliphatic rings. The maximum atomic E-state index is 6.42. The minimum Gasteiger partial charge on any atom is -0.456 e. The van der Waals surface area contributed by atoms with Crippen LogP contribution < -0.4 is 4.90 Å². The lowest BCUT2D eigenvalue weighted by Crippen LogP contribution is -2.10. The summed E-state index contributed by atoms with van der Waals surface area (Å²) in [6.45, 7) is 0. The third kappa shape index (κ3) is 4.25. The van der Waals surface area contributed by atoms with E-state index >= 15 is 0 Å². The van der Waals surface area contributed by atoms with Gasteiger partial charge in [-0.25, -0.2) is 0 Å². The van der Waals surface area contributed by atoms with Crippen molar-refractivity contribution < 1.29 is 4.42 Å².